The number of aliphatic carboxylic acids is 1. The van der Waals surface area contributed by atoms with E-state index in [1.807, 2.05) is 6.07 Å². The fourth-order valence-electron chi connectivity index (χ4n) is 2.22. The van der Waals surface area contributed by atoms with Crippen molar-refractivity contribution in [3.8, 4) is 6.07 Å². The van der Waals surface area contributed by atoms with Crippen molar-refractivity contribution in [1.29, 1.82) is 5.26 Å². The summed E-state index contributed by atoms with van der Waals surface area (Å²) < 4.78 is 26.1. The standard InChI is InChI=1S/C13H14N2O4S/c1-13(12(16)17)6-7-15(9-13)20(18,19)11-5-3-2-4-10(11)8-14/h2-5H,6-7,9H2,1H3,(H,16,17). The molecule has 1 aliphatic rings. The fraction of sp³-hybridized carbons (Fsp3) is 0.385. The van der Waals surface area contributed by atoms with E-state index < -0.39 is 21.4 Å². The van der Waals surface area contributed by atoms with Crippen LogP contribution in [0.4, 0.5) is 0 Å². The Labute approximate surface area is 117 Å². The number of sulfonamides is 1. The number of rotatable bonds is 3. The highest BCUT2D eigenvalue weighted by Crippen LogP contribution is 2.34. The topological polar surface area (TPSA) is 98.5 Å². The molecule has 0 bridgehead atoms. The van der Waals surface area contributed by atoms with Crippen molar-refractivity contribution < 1.29 is 18.3 Å². The van der Waals surface area contributed by atoms with Crippen LogP contribution >= 0.6 is 0 Å². The number of hydrogen-bond acceptors (Lipinski definition) is 4. The Bertz CT molecular complexity index is 693. The monoisotopic (exact) mass is 294 g/mol. The Morgan fingerprint density at radius 2 is 2.10 bits per heavy atom. The quantitative estimate of drug-likeness (QED) is 0.898. The van der Waals surface area contributed by atoms with Crippen LogP contribution in [0.3, 0.4) is 0 Å². The molecule has 1 heterocycles. The first-order valence-electron chi connectivity index (χ1n) is 6.04. The lowest BCUT2D eigenvalue weighted by Gasteiger charge is -2.20. The largest absolute Gasteiger partial charge is 0.481 e. The summed E-state index contributed by atoms with van der Waals surface area (Å²) in [5.41, 5.74) is -1.01. The van der Waals surface area contributed by atoms with Crippen LogP contribution in [0.5, 0.6) is 0 Å². The molecular formula is C13H14N2O4S. The SMILES string of the molecule is CC1(C(=O)O)CCN(S(=O)(=O)c2ccccc2C#N)C1. The first-order chi connectivity index (χ1) is 9.31. The number of carbonyl (C=O) groups is 1. The van der Waals surface area contributed by atoms with Gasteiger partial charge in [-0.3, -0.25) is 4.79 Å². The van der Waals surface area contributed by atoms with Gasteiger partial charge in [0, 0.05) is 13.1 Å². The molecule has 1 aromatic rings. The van der Waals surface area contributed by atoms with Gasteiger partial charge in [0.1, 0.15) is 6.07 Å². The molecule has 106 valence electrons. The molecule has 0 radical (unpaired) electrons. The van der Waals surface area contributed by atoms with Gasteiger partial charge in [-0.2, -0.15) is 9.57 Å². The van der Waals surface area contributed by atoms with E-state index in [2.05, 4.69) is 0 Å². The van der Waals surface area contributed by atoms with Gasteiger partial charge in [-0.15, -0.1) is 0 Å². The van der Waals surface area contributed by atoms with E-state index in [0.29, 0.717) is 0 Å². The van der Waals surface area contributed by atoms with E-state index in [9.17, 15) is 13.2 Å². The normalized spacial score (nSPS) is 23.4. The minimum atomic E-state index is -3.84. The van der Waals surface area contributed by atoms with E-state index in [1.165, 1.54) is 19.1 Å². The van der Waals surface area contributed by atoms with Crippen molar-refractivity contribution in [3.05, 3.63) is 29.8 Å². The number of hydrogen-bond donors (Lipinski definition) is 1. The van der Waals surface area contributed by atoms with Gasteiger partial charge >= 0.3 is 5.97 Å². The molecule has 6 nitrogen and oxygen atoms in total. The second kappa shape index (κ2) is 4.89. The third kappa shape index (κ3) is 2.28. The molecule has 0 aromatic heterocycles. The first-order valence-corrected chi connectivity index (χ1v) is 7.48. The van der Waals surface area contributed by atoms with Gasteiger partial charge in [0.2, 0.25) is 10.0 Å². The average Bonchev–Trinajstić information content (AvgIpc) is 2.83. The maximum absolute atomic E-state index is 12.5. The number of nitrogens with zero attached hydrogens (tertiary/aromatic N) is 2. The predicted octanol–water partition coefficient (Wildman–Crippen LogP) is 1.04. The molecule has 2 rings (SSSR count). The Hall–Kier alpha value is -1.91. The number of benzene rings is 1. The zero-order valence-corrected chi connectivity index (χ0v) is 11.7. The summed E-state index contributed by atoms with van der Waals surface area (Å²) in [5, 5.41) is 18.1. The van der Waals surface area contributed by atoms with E-state index in [1.54, 1.807) is 12.1 Å². The first kappa shape index (κ1) is 14.5. The minimum absolute atomic E-state index is 0.0661. The number of nitriles is 1. The fourth-order valence-corrected chi connectivity index (χ4v) is 3.93. The smallest absolute Gasteiger partial charge is 0.310 e. The van der Waals surface area contributed by atoms with Crippen LogP contribution in [0, 0.1) is 16.7 Å². The van der Waals surface area contributed by atoms with Crippen LogP contribution < -0.4 is 0 Å². The van der Waals surface area contributed by atoms with Crippen LogP contribution in [0.25, 0.3) is 0 Å². The van der Waals surface area contributed by atoms with Crippen LogP contribution in [0.1, 0.15) is 18.9 Å². The number of carboxylic acid groups (broad SMARTS) is 1. The average molecular weight is 294 g/mol. The molecule has 0 saturated carbocycles. The van der Waals surface area contributed by atoms with Crippen LogP contribution in [-0.4, -0.2) is 36.9 Å². The highest BCUT2D eigenvalue weighted by atomic mass is 32.2. The summed E-state index contributed by atoms with van der Waals surface area (Å²) in [5.74, 6) is -1.01. The molecule has 1 saturated heterocycles. The predicted molar refractivity (Wildman–Crippen MR) is 70.3 cm³/mol. The second-order valence-corrected chi connectivity index (χ2v) is 6.97. The van der Waals surface area contributed by atoms with E-state index in [0.717, 1.165) is 4.31 Å². The third-order valence-corrected chi connectivity index (χ3v) is 5.48. The molecule has 1 aliphatic heterocycles. The van der Waals surface area contributed by atoms with Gasteiger partial charge < -0.3 is 5.11 Å². The molecule has 0 aliphatic carbocycles. The van der Waals surface area contributed by atoms with Crippen molar-refractivity contribution in [2.24, 2.45) is 5.41 Å². The van der Waals surface area contributed by atoms with Crippen molar-refractivity contribution in [1.82, 2.24) is 4.31 Å². The summed E-state index contributed by atoms with van der Waals surface area (Å²) >= 11 is 0. The second-order valence-electron chi connectivity index (χ2n) is 5.06. The van der Waals surface area contributed by atoms with E-state index in [-0.39, 0.29) is 30.0 Å². The van der Waals surface area contributed by atoms with Gasteiger partial charge in [-0.1, -0.05) is 12.1 Å². The molecule has 1 fully saturated rings. The van der Waals surface area contributed by atoms with Gasteiger partial charge in [-0.05, 0) is 25.5 Å². The highest BCUT2D eigenvalue weighted by molar-refractivity contribution is 7.89. The summed E-state index contributed by atoms with van der Waals surface area (Å²) in [6.07, 6.45) is 0.260. The Morgan fingerprint density at radius 1 is 1.45 bits per heavy atom. The lowest BCUT2D eigenvalue weighted by atomic mass is 9.90. The zero-order valence-electron chi connectivity index (χ0n) is 10.9. The molecule has 7 heteroatoms. The molecule has 1 unspecified atom stereocenters. The summed E-state index contributed by atoms with van der Waals surface area (Å²) in [4.78, 5) is 11.1. The van der Waals surface area contributed by atoms with Crippen molar-refractivity contribution >= 4 is 16.0 Å². The molecule has 0 amide bonds. The molecule has 1 atom stereocenters. The maximum atomic E-state index is 12.5. The Balaban J connectivity index is 2.39. The van der Waals surface area contributed by atoms with Crippen molar-refractivity contribution in [2.45, 2.75) is 18.2 Å². The van der Waals surface area contributed by atoms with Crippen LogP contribution in [0.15, 0.2) is 29.2 Å². The van der Waals surface area contributed by atoms with E-state index in [4.69, 9.17) is 10.4 Å². The summed E-state index contributed by atoms with van der Waals surface area (Å²) in [6, 6.07) is 7.77. The Morgan fingerprint density at radius 3 is 2.65 bits per heavy atom. The van der Waals surface area contributed by atoms with E-state index >= 15 is 0 Å². The molecule has 1 aromatic carbocycles. The third-order valence-electron chi connectivity index (χ3n) is 3.58. The molecule has 1 N–H and O–H groups in total. The van der Waals surface area contributed by atoms with Crippen LogP contribution in [0.2, 0.25) is 0 Å². The molecule has 20 heavy (non-hydrogen) atoms. The van der Waals surface area contributed by atoms with Gasteiger partial charge in [0.05, 0.1) is 15.9 Å². The molecule has 0 spiro atoms. The van der Waals surface area contributed by atoms with Gasteiger partial charge in [-0.25, -0.2) is 8.42 Å². The highest BCUT2D eigenvalue weighted by Gasteiger charge is 2.45. The van der Waals surface area contributed by atoms with Gasteiger partial charge in [0.25, 0.3) is 0 Å². The maximum Gasteiger partial charge on any atom is 0.310 e. The van der Waals surface area contributed by atoms with Crippen molar-refractivity contribution in [2.75, 3.05) is 13.1 Å². The van der Waals surface area contributed by atoms with Crippen molar-refractivity contribution in [3.63, 3.8) is 0 Å². The lowest BCUT2D eigenvalue weighted by Crippen LogP contribution is -2.35. The van der Waals surface area contributed by atoms with Gasteiger partial charge in [0.15, 0.2) is 0 Å². The van der Waals surface area contributed by atoms with Crippen LogP contribution in [-0.2, 0) is 14.8 Å². The summed E-state index contributed by atoms with van der Waals surface area (Å²) in [7, 11) is -3.84. The Kier molecular flexibility index (Phi) is 3.54. The summed E-state index contributed by atoms with van der Waals surface area (Å²) in [6.45, 7) is 1.59. The molecular weight excluding hydrogens is 280 g/mol. The minimum Gasteiger partial charge on any atom is -0.481 e. The lowest BCUT2D eigenvalue weighted by molar-refractivity contribution is -0.146. The zero-order chi connectivity index (χ0) is 15.0. The number of carboxylic acids is 1.